The van der Waals surface area contributed by atoms with Crippen molar-refractivity contribution in [1.29, 1.82) is 0 Å². The second-order valence-electron chi connectivity index (χ2n) is 9.56. The van der Waals surface area contributed by atoms with Crippen LogP contribution in [0.5, 0.6) is 23.2 Å². The van der Waals surface area contributed by atoms with Crippen molar-refractivity contribution in [2.24, 2.45) is 0 Å². The van der Waals surface area contributed by atoms with E-state index in [0.717, 1.165) is 18.4 Å². The molecule has 2 N–H and O–H groups in total. The third-order valence-corrected chi connectivity index (χ3v) is 6.55. The molecule has 2 aromatic carbocycles. The summed E-state index contributed by atoms with van der Waals surface area (Å²) in [6, 6.07) is 10.9. The Kier molecular flexibility index (Phi) is 7.43. The van der Waals surface area contributed by atoms with Crippen LogP contribution in [0.25, 0.3) is 0 Å². The fourth-order valence-electron chi connectivity index (χ4n) is 4.49. The smallest absolute Gasteiger partial charge is 0.291 e. The molecule has 3 aromatic rings. The molecule has 4 rings (SSSR count). The summed E-state index contributed by atoms with van der Waals surface area (Å²) in [6.07, 6.45) is 2.56. The Labute approximate surface area is 210 Å². The Morgan fingerprint density at radius 2 is 1.81 bits per heavy atom. The molecular formula is C28H33FN2O5. The maximum atomic E-state index is 13.0. The largest absolute Gasteiger partial charge is 0.494 e. The van der Waals surface area contributed by atoms with E-state index in [9.17, 15) is 9.18 Å². The molecule has 0 bridgehead atoms. The molecule has 7 nitrogen and oxygen atoms in total. The summed E-state index contributed by atoms with van der Waals surface area (Å²) >= 11 is 0. The van der Waals surface area contributed by atoms with Crippen LogP contribution in [0.15, 0.2) is 40.8 Å². The van der Waals surface area contributed by atoms with Gasteiger partial charge >= 0.3 is 0 Å². The highest BCUT2D eigenvalue weighted by molar-refractivity contribution is 6.04. The van der Waals surface area contributed by atoms with Gasteiger partial charge in [0.05, 0.1) is 20.9 Å². The number of anilines is 2. The molecule has 0 fully saturated rings. The van der Waals surface area contributed by atoms with E-state index in [1.165, 1.54) is 25.3 Å². The van der Waals surface area contributed by atoms with Gasteiger partial charge in [-0.15, -0.1) is 0 Å². The topological polar surface area (TPSA) is 82.0 Å². The lowest BCUT2D eigenvalue weighted by Crippen LogP contribution is -2.13. The number of carbonyl (C=O) groups excluding carboxylic acids is 1. The van der Waals surface area contributed by atoms with Crippen LogP contribution in [0.2, 0.25) is 0 Å². The van der Waals surface area contributed by atoms with Crippen molar-refractivity contribution in [3.8, 4) is 23.2 Å². The maximum Gasteiger partial charge on any atom is 0.291 e. The van der Waals surface area contributed by atoms with Gasteiger partial charge in [0, 0.05) is 30.4 Å². The van der Waals surface area contributed by atoms with E-state index in [-0.39, 0.29) is 17.1 Å². The average molecular weight is 497 g/mol. The number of aryl methyl sites for hydroxylation is 2. The van der Waals surface area contributed by atoms with Crippen LogP contribution in [0.1, 0.15) is 53.9 Å². The first-order chi connectivity index (χ1) is 17.2. The van der Waals surface area contributed by atoms with Crippen LogP contribution in [-0.2, 0) is 11.8 Å². The molecule has 0 unspecified atom stereocenters. The van der Waals surface area contributed by atoms with E-state index in [2.05, 4.69) is 36.6 Å². The Bertz CT molecular complexity index is 1230. The fourth-order valence-corrected chi connectivity index (χ4v) is 4.49. The number of hydrogen-bond acceptors (Lipinski definition) is 6. The number of benzene rings is 2. The summed E-state index contributed by atoms with van der Waals surface area (Å²) in [5, 5.41) is 5.91. The minimum Gasteiger partial charge on any atom is -0.494 e. The number of amides is 1. The summed E-state index contributed by atoms with van der Waals surface area (Å²) in [6.45, 7) is 6.54. The van der Waals surface area contributed by atoms with E-state index in [0.29, 0.717) is 41.6 Å². The Hall–Kier alpha value is -3.68. The number of halogens is 1. The summed E-state index contributed by atoms with van der Waals surface area (Å²) in [5.74, 6) is 1.33. The first-order valence-corrected chi connectivity index (χ1v) is 12.0. The summed E-state index contributed by atoms with van der Waals surface area (Å²) < 4.78 is 35.1. The van der Waals surface area contributed by atoms with E-state index in [4.69, 9.17) is 18.6 Å². The molecule has 1 amide bonds. The number of hydrogen-bond donors (Lipinski definition) is 2. The van der Waals surface area contributed by atoms with E-state index in [1.54, 1.807) is 24.3 Å². The zero-order chi connectivity index (χ0) is 25.9. The minimum absolute atomic E-state index is 0.0818. The van der Waals surface area contributed by atoms with Gasteiger partial charge in [-0.1, -0.05) is 19.9 Å². The SMILES string of the molecule is COc1cc(NCCCF)cc(OC)c1NC(=O)c1ccc(Oc2cc3c(cc2C)CCC3(C)C)o1. The molecule has 1 aliphatic rings. The molecule has 0 saturated heterocycles. The average Bonchev–Trinajstić information content (AvgIpc) is 3.44. The molecule has 1 aliphatic carbocycles. The Morgan fingerprint density at radius 1 is 1.08 bits per heavy atom. The molecule has 0 atom stereocenters. The lowest BCUT2D eigenvalue weighted by molar-refractivity contribution is 0.0991. The maximum absolute atomic E-state index is 13.0. The van der Waals surface area contributed by atoms with Crippen molar-refractivity contribution >= 4 is 17.3 Å². The Balaban J connectivity index is 1.51. The summed E-state index contributed by atoms with van der Waals surface area (Å²) in [5.41, 5.74) is 4.81. The molecule has 1 heterocycles. The first kappa shape index (κ1) is 25.4. The molecule has 36 heavy (non-hydrogen) atoms. The van der Waals surface area contributed by atoms with Gasteiger partial charge in [0.15, 0.2) is 5.76 Å². The highest BCUT2D eigenvalue weighted by atomic mass is 19.1. The lowest BCUT2D eigenvalue weighted by atomic mass is 9.86. The fraction of sp³-hybridized carbons (Fsp3) is 0.393. The van der Waals surface area contributed by atoms with Crippen LogP contribution < -0.4 is 24.8 Å². The molecule has 192 valence electrons. The lowest BCUT2D eigenvalue weighted by Gasteiger charge is -2.20. The molecule has 0 spiro atoms. The summed E-state index contributed by atoms with van der Waals surface area (Å²) in [7, 11) is 2.99. The third kappa shape index (κ3) is 5.27. The second-order valence-corrected chi connectivity index (χ2v) is 9.56. The predicted octanol–water partition coefficient (Wildman–Crippen LogP) is 6.65. The molecule has 1 aromatic heterocycles. The molecule has 8 heteroatoms. The van der Waals surface area contributed by atoms with Crippen LogP contribution in [-0.4, -0.2) is 33.3 Å². The van der Waals surface area contributed by atoms with Crippen LogP contribution in [0.4, 0.5) is 15.8 Å². The normalized spacial score (nSPS) is 13.7. The molecular weight excluding hydrogens is 463 g/mol. The monoisotopic (exact) mass is 496 g/mol. The highest BCUT2D eigenvalue weighted by Gasteiger charge is 2.31. The van der Waals surface area contributed by atoms with Crippen molar-refractivity contribution in [1.82, 2.24) is 0 Å². The zero-order valence-corrected chi connectivity index (χ0v) is 21.4. The number of rotatable bonds is 10. The molecule has 0 radical (unpaired) electrons. The highest BCUT2D eigenvalue weighted by Crippen LogP contribution is 2.42. The number of furan rings is 1. The number of nitrogens with one attached hydrogen (secondary N) is 2. The van der Waals surface area contributed by atoms with Crippen molar-refractivity contribution in [2.75, 3.05) is 38.1 Å². The Morgan fingerprint density at radius 3 is 2.47 bits per heavy atom. The van der Waals surface area contributed by atoms with Gasteiger partial charge in [-0.3, -0.25) is 9.18 Å². The second kappa shape index (κ2) is 10.5. The van der Waals surface area contributed by atoms with E-state index < -0.39 is 12.6 Å². The van der Waals surface area contributed by atoms with Crippen LogP contribution in [0, 0.1) is 6.92 Å². The van der Waals surface area contributed by atoms with Gasteiger partial charge in [0.1, 0.15) is 22.9 Å². The number of fused-ring (bicyclic) bond motifs is 1. The van der Waals surface area contributed by atoms with E-state index >= 15 is 0 Å². The van der Waals surface area contributed by atoms with Crippen LogP contribution >= 0.6 is 0 Å². The summed E-state index contributed by atoms with van der Waals surface area (Å²) in [4.78, 5) is 13.0. The minimum atomic E-state index is -0.480. The molecule has 0 aliphatic heterocycles. The third-order valence-electron chi connectivity index (χ3n) is 6.55. The van der Waals surface area contributed by atoms with Gasteiger partial charge < -0.3 is 29.3 Å². The zero-order valence-electron chi connectivity index (χ0n) is 21.4. The van der Waals surface area contributed by atoms with Crippen molar-refractivity contribution in [3.63, 3.8) is 0 Å². The number of methoxy groups -OCH3 is 2. The molecule has 0 saturated carbocycles. The van der Waals surface area contributed by atoms with Gasteiger partial charge in [0.2, 0.25) is 0 Å². The van der Waals surface area contributed by atoms with Gasteiger partial charge in [0.25, 0.3) is 11.9 Å². The van der Waals surface area contributed by atoms with Crippen LogP contribution in [0.3, 0.4) is 0 Å². The van der Waals surface area contributed by atoms with Gasteiger partial charge in [-0.05, 0) is 60.4 Å². The number of carbonyl (C=O) groups is 1. The van der Waals surface area contributed by atoms with E-state index in [1.807, 2.05) is 6.92 Å². The van der Waals surface area contributed by atoms with Crippen molar-refractivity contribution < 1.29 is 27.8 Å². The first-order valence-electron chi connectivity index (χ1n) is 12.0. The van der Waals surface area contributed by atoms with Crippen molar-refractivity contribution in [3.05, 3.63) is 58.8 Å². The number of ether oxygens (including phenoxy) is 3. The van der Waals surface area contributed by atoms with Gasteiger partial charge in [-0.2, -0.15) is 0 Å². The standard InChI is InChI=1S/C28H33FN2O5/c1-17-13-18-9-10-28(2,3)20(18)16-22(17)36-25-8-7-21(35-25)27(32)31-26-23(33-4)14-19(15-24(26)34-5)30-12-6-11-29/h7-8,13-16,30H,6,9-12H2,1-5H3,(H,31,32). The quantitative estimate of drug-likeness (QED) is 0.306. The van der Waals surface area contributed by atoms with Crippen molar-refractivity contribution in [2.45, 2.75) is 45.4 Å². The van der Waals surface area contributed by atoms with Gasteiger partial charge in [-0.25, -0.2) is 0 Å². The predicted molar refractivity (Wildman–Crippen MR) is 138 cm³/mol. The number of alkyl halides is 1.